The number of anilines is 1. The third-order valence-corrected chi connectivity index (χ3v) is 4.13. The number of carbonyl (C=O) groups is 1. The second kappa shape index (κ2) is 6.44. The van der Waals surface area contributed by atoms with E-state index in [-0.39, 0.29) is 22.7 Å². The zero-order valence-electron chi connectivity index (χ0n) is 12.5. The van der Waals surface area contributed by atoms with Crippen molar-refractivity contribution in [2.75, 3.05) is 18.5 Å². The van der Waals surface area contributed by atoms with Crippen LogP contribution in [0.2, 0.25) is 0 Å². The van der Waals surface area contributed by atoms with Crippen molar-refractivity contribution < 1.29 is 18.3 Å². The summed E-state index contributed by atoms with van der Waals surface area (Å²) in [4.78, 5) is 12.0. The molecule has 6 nitrogen and oxygen atoms in total. The van der Waals surface area contributed by atoms with E-state index in [0.29, 0.717) is 6.42 Å². The van der Waals surface area contributed by atoms with E-state index >= 15 is 0 Å². The van der Waals surface area contributed by atoms with Gasteiger partial charge < -0.3 is 16.2 Å². The Balaban J connectivity index is 2.91. The topological polar surface area (TPSA) is 109 Å². The van der Waals surface area contributed by atoms with Gasteiger partial charge in [0, 0.05) is 24.1 Å². The average molecular weight is 314 g/mol. The van der Waals surface area contributed by atoms with Gasteiger partial charge in [-0.1, -0.05) is 13.3 Å². The standard InChI is InChI=1S/C14H22N2O4S/c1-4-5-14(2,18)9-16-13(17)10-6-11(15)8-12(7-10)21(3,19)20/h6-8,18H,4-5,9,15H2,1-3H3,(H,16,17). The highest BCUT2D eigenvalue weighted by atomic mass is 32.2. The number of hydrogen-bond acceptors (Lipinski definition) is 5. The smallest absolute Gasteiger partial charge is 0.251 e. The first-order chi connectivity index (χ1) is 9.55. The Morgan fingerprint density at radius 3 is 2.52 bits per heavy atom. The van der Waals surface area contributed by atoms with Gasteiger partial charge in [-0.3, -0.25) is 4.79 Å². The van der Waals surface area contributed by atoms with Gasteiger partial charge in [0.1, 0.15) is 0 Å². The molecule has 0 aliphatic rings. The molecule has 1 unspecified atom stereocenters. The SMILES string of the molecule is CCCC(C)(O)CNC(=O)c1cc(N)cc(S(C)(=O)=O)c1. The van der Waals surface area contributed by atoms with Gasteiger partial charge in [-0.2, -0.15) is 0 Å². The third-order valence-electron chi connectivity index (χ3n) is 3.04. The van der Waals surface area contributed by atoms with Crippen LogP contribution < -0.4 is 11.1 Å². The van der Waals surface area contributed by atoms with E-state index in [4.69, 9.17) is 5.73 Å². The summed E-state index contributed by atoms with van der Waals surface area (Å²) in [7, 11) is -3.44. The van der Waals surface area contributed by atoms with Gasteiger partial charge in [0.15, 0.2) is 9.84 Å². The highest BCUT2D eigenvalue weighted by Gasteiger charge is 2.21. The lowest BCUT2D eigenvalue weighted by Crippen LogP contribution is -2.40. The molecule has 118 valence electrons. The van der Waals surface area contributed by atoms with Crippen molar-refractivity contribution in [1.82, 2.24) is 5.32 Å². The molecule has 0 aliphatic carbocycles. The fourth-order valence-electron chi connectivity index (χ4n) is 1.97. The molecule has 0 saturated heterocycles. The quantitative estimate of drug-likeness (QED) is 0.677. The molecule has 1 aromatic rings. The van der Waals surface area contributed by atoms with Crippen LogP contribution in [0.1, 0.15) is 37.0 Å². The highest BCUT2D eigenvalue weighted by Crippen LogP contribution is 2.17. The number of nitrogens with two attached hydrogens (primary N) is 1. The summed E-state index contributed by atoms with van der Waals surface area (Å²) < 4.78 is 23.1. The van der Waals surface area contributed by atoms with Gasteiger partial charge in [0.2, 0.25) is 0 Å². The molecule has 0 aliphatic heterocycles. The van der Waals surface area contributed by atoms with E-state index in [2.05, 4.69) is 5.32 Å². The van der Waals surface area contributed by atoms with E-state index in [1.54, 1.807) is 6.92 Å². The van der Waals surface area contributed by atoms with E-state index in [1.807, 2.05) is 6.92 Å². The Hall–Kier alpha value is -1.60. The lowest BCUT2D eigenvalue weighted by molar-refractivity contribution is 0.0469. The summed E-state index contributed by atoms with van der Waals surface area (Å²) in [6, 6.07) is 3.98. The molecule has 0 saturated carbocycles. The number of amides is 1. The van der Waals surface area contributed by atoms with Crippen molar-refractivity contribution in [1.29, 1.82) is 0 Å². The summed E-state index contributed by atoms with van der Waals surface area (Å²) >= 11 is 0. The maximum Gasteiger partial charge on any atom is 0.251 e. The second-order valence-corrected chi connectivity index (χ2v) is 7.51. The Kier molecular flexibility index (Phi) is 5.36. The molecule has 1 aromatic carbocycles. The number of carbonyl (C=O) groups excluding carboxylic acids is 1. The zero-order valence-corrected chi connectivity index (χ0v) is 13.3. The van der Waals surface area contributed by atoms with Crippen LogP contribution in [0.15, 0.2) is 23.1 Å². The molecular formula is C14H22N2O4S. The lowest BCUT2D eigenvalue weighted by Gasteiger charge is -2.23. The Morgan fingerprint density at radius 2 is 2.00 bits per heavy atom. The van der Waals surface area contributed by atoms with Gasteiger partial charge in [0.05, 0.1) is 10.5 Å². The molecule has 1 atom stereocenters. The number of rotatable bonds is 6. The molecule has 0 aromatic heterocycles. The van der Waals surface area contributed by atoms with Gasteiger partial charge in [-0.15, -0.1) is 0 Å². The van der Waals surface area contributed by atoms with Crippen molar-refractivity contribution in [2.45, 2.75) is 37.2 Å². The largest absolute Gasteiger partial charge is 0.399 e. The molecule has 0 fully saturated rings. The minimum Gasteiger partial charge on any atom is -0.399 e. The molecule has 0 radical (unpaired) electrons. The monoisotopic (exact) mass is 314 g/mol. The number of nitrogen functional groups attached to an aromatic ring is 1. The summed E-state index contributed by atoms with van der Waals surface area (Å²) in [6.45, 7) is 3.66. The predicted octanol–water partition coefficient (Wildman–Crippen LogP) is 0.953. The van der Waals surface area contributed by atoms with Crippen LogP contribution in [0.25, 0.3) is 0 Å². The minimum atomic E-state index is -3.44. The Labute approximate surface area is 125 Å². The number of nitrogens with one attached hydrogen (secondary N) is 1. The molecule has 0 heterocycles. The molecule has 0 bridgehead atoms. The normalized spacial score (nSPS) is 14.5. The zero-order chi connectivity index (χ0) is 16.3. The molecular weight excluding hydrogens is 292 g/mol. The van der Waals surface area contributed by atoms with Crippen LogP contribution in [-0.2, 0) is 9.84 Å². The summed E-state index contributed by atoms with van der Waals surface area (Å²) in [5.74, 6) is -0.469. The molecule has 1 rings (SSSR count). The van der Waals surface area contributed by atoms with Crippen LogP contribution in [0.3, 0.4) is 0 Å². The van der Waals surface area contributed by atoms with Crippen LogP contribution >= 0.6 is 0 Å². The Morgan fingerprint density at radius 1 is 1.38 bits per heavy atom. The molecule has 21 heavy (non-hydrogen) atoms. The van der Waals surface area contributed by atoms with Gasteiger partial charge in [0.25, 0.3) is 5.91 Å². The summed E-state index contributed by atoms with van der Waals surface area (Å²) in [5.41, 5.74) is 4.99. The van der Waals surface area contributed by atoms with Crippen molar-refractivity contribution in [3.8, 4) is 0 Å². The molecule has 4 N–H and O–H groups in total. The minimum absolute atomic E-state index is 0.00651. The van der Waals surface area contributed by atoms with Crippen LogP contribution in [0.5, 0.6) is 0 Å². The first-order valence-electron chi connectivity index (χ1n) is 6.66. The molecule has 1 amide bonds. The fourth-order valence-corrected chi connectivity index (χ4v) is 2.66. The number of benzene rings is 1. The van der Waals surface area contributed by atoms with Crippen molar-refractivity contribution in [3.63, 3.8) is 0 Å². The average Bonchev–Trinajstić information content (AvgIpc) is 2.34. The van der Waals surface area contributed by atoms with Crippen molar-refractivity contribution in [2.24, 2.45) is 0 Å². The van der Waals surface area contributed by atoms with Gasteiger partial charge >= 0.3 is 0 Å². The highest BCUT2D eigenvalue weighted by molar-refractivity contribution is 7.90. The van der Waals surface area contributed by atoms with Crippen molar-refractivity contribution >= 4 is 21.4 Å². The maximum absolute atomic E-state index is 12.1. The predicted molar refractivity (Wildman–Crippen MR) is 81.8 cm³/mol. The first-order valence-corrected chi connectivity index (χ1v) is 8.55. The van der Waals surface area contributed by atoms with E-state index in [0.717, 1.165) is 12.7 Å². The van der Waals surface area contributed by atoms with Gasteiger partial charge in [-0.05, 0) is 31.5 Å². The fraction of sp³-hybridized carbons (Fsp3) is 0.500. The number of aliphatic hydroxyl groups is 1. The van der Waals surface area contributed by atoms with Gasteiger partial charge in [-0.25, -0.2) is 8.42 Å². The Bertz CT molecular complexity index is 624. The first kappa shape index (κ1) is 17.5. The molecule has 0 spiro atoms. The second-order valence-electron chi connectivity index (χ2n) is 5.49. The summed E-state index contributed by atoms with van der Waals surface area (Å²) in [6.07, 6.45) is 2.40. The van der Waals surface area contributed by atoms with Crippen LogP contribution in [-0.4, -0.2) is 37.8 Å². The lowest BCUT2D eigenvalue weighted by atomic mass is 10.0. The maximum atomic E-state index is 12.1. The van der Waals surface area contributed by atoms with E-state index in [1.165, 1.54) is 18.2 Å². The van der Waals surface area contributed by atoms with Crippen LogP contribution in [0, 0.1) is 0 Å². The summed E-state index contributed by atoms with van der Waals surface area (Å²) in [5, 5.41) is 12.6. The molecule has 7 heteroatoms. The third kappa shape index (κ3) is 5.35. The van der Waals surface area contributed by atoms with E-state index in [9.17, 15) is 18.3 Å². The van der Waals surface area contributed by atoms with E-state index < -0.39 is 21.3 Å². The number of hydrogen-bond donors (Lipinski definition) is 3. The van der Waals surface area contributed by atoms with Crippen molar-refractivity contribution in [3.05, 3.63) is 23.8 Å². The number of sulfone groups is 1. The van der Waals surface area contributed by atoms with Crippen LogP contribution in [0.4, 0.5) is 5.69 Å².